The number of hydrogen-bond acceptors (Lipinski definition) is 5. The van der Waals surface area contributed by atoms with E-state index in [9.17, 15) is 9.18 Å². The summed E-state index contributed by atoms with van der Waals surface area (Å²) in [6.07, 6.45) is 0. The lowest BCUT2D eigenvalue weighted by molar-refractivity contribution is 0.102. The monoisotopic (exact) mass is 483 g/mol. The number of benzene rings is 3. The Morgan fingerprint density at radius 3 is 2.37 bits per heavy atom. The molecule has 0 saturated carbocycles. The smallest absolute Gasteiger partial charge is 0.255 e. The molecule has 35 heavy (non-hydrogen) atoms. The molecule has 0 unspecified atom stereocenters. The van der Waals surface area contributed by atoms with Gasteiger partial charge in [-0.05, 0) is 99.3 Å². The van der Waals surface area contributed by atoms with Gasteiger partial charge in [0.1, 0.15) is 11.6 Å². The quantitative estimate of drug-likeness (QED) is 0.298. The summed E-state index contributed by atoms with van der Waals surface area (Å²) in [5.74, 6) is 0.212. The molecular formula is C27H22FN5OS. The standard InChI is InChI=1S/C27H22FN5OS/c1-16-13-17(2)30-27(29-16)35-23-6-4-5-21(15-23)32-26(34)19-7-12-24-25(14-19)33(18(3)31-24)22-10-8-20(28)9-11-22/h4-15H,1-3H3,(H,32,34). The van der Waals surface area contributed by atoms with Gasteiger partial charge in [0.15, 0.2) is 5.16 Å². The van der Waals surface area contributed by atoms with E-state index >= 15 is 0 Å². The Balaban J connectivity index is 1.40. The van der Waals surface area contributed by atoms with Gasteiger partial charge in [-0.1, -0.05) is 6.07 Å². The van der Waals surface area contributed by atoms with E-state index in [1.54, 1.807) is 24.3 Å². The summed E-state index contributed by atoms with van der Waals surface area (Å²) in [5, 5.41) is 3.64. The SMILES string of the molecule is Cc1cc(C)nc(Sc2cccc(NC(=O)c3ccc4nc(C)n(-c5ccc(F)cc5)c4c3)c2)n1. The minimum atomic E-state index is -0.305. The zero-order valence-corrected chi connectivity index (χ0v) is 20.2. The van der Waals surface area contributed by atoms with Crippen molar-refractivity contribution in [2.24, 2.45) is 0 Å². The second kappa shape index (κ2) is 9.31. The zero-order chi connectivity index (χ0) is 24.5. The minimum Gasteiger partial charge on any atom is -0.322 e. The maximum Gasteiger partial charge on any atom is 0.255 e. The van der Waals surface area contributed by atoms with Crippen LogP contribution in [-0.2, 0) is 0 Å². The first-order chi connectivity index (χ1) is 16.9. The number of aromatic nitrogens is 4. The number of imidazole rings is 1. The van der Waals surface area contributed by atoms with Crippen LogP contribution in [0.5, 0.6) is 0 Å². The van der Waals surface area contributed by atoms with Crippen molar-refractivity contribution in [2.45, 2.75) is 30.8 Å². The Kier molecular flexibility index (Phi) is 6.05. The molecule has 1 amide bonds. The van der Waals surface area contributed by atoms with Crippen LogP contribution in [-0.4, -0.2) is 25.4 Å². The number of nitrogens with one attached hydrogen (secondary N) is 1. The summed E-state index contributed by atoms with van der Waals surface area (Å²) in [6, 6.07) is 21.1. The fraction of sp³-hybridized carbons (Fsp3) is 0.111. The molecule has 1 N–H and O–H groups in total. The van der Waals surface area contributed by atoms with Crippen molar-refractivity contribution in [1.82, 2.24) is 19.5 Å². The topological polar surface area (TPSA) is 72.7 Å². The van der Waals surface area contributed by atoms with Crippen LogP contribution in [0.4, 0.5) is 10.1 Å². The van der Waals surface area contributed by atoms with E-state index in [0.29, 0.717) is 16.4 Å². The summed E-state index contributed by atoms with van der Waals surface area (Å²) in [7, 11) is 0. The van der Waals surface area contributed by atoms with E-state index in [4.69, 9.17) is 0 Å². The summed E-state index contributed by atoms with van der Waals surface area (Å²) in [6.45, 7) is 5.76. The third kappa shape index (κ3) is 4.93. The van der Waals surface area contributed by atoms with Crippen LogP contribution in [0.25, 0.3) is 16.7 Å². The fourth-order valence-electron chi connectivity index (χ4n) is 3.94. The molecule has 2 aromatic heterocycles. The van der Waals surface area contributed by atoms with Crippen LogP contribution >= 0.6 is 11.8 Å². The Morgan fingerprint density at radius 1 is 0.886 bits per heavy atom. The highest BCUT2D eigenvalue weighted by Gasteiger charge is 2.14. The minimum absolute atomic E-state index is 0.235. The number of nitrogens with zero attached hydrogens (tertiary/aromatic N) is 4. The number of aryl methyl sites for hydroxylation is 3. The second-order valence-corrected chi connectivity index (χ2v) is 9.23. The van der Waals surface area contributed by atoms with E-state index in [2.05, 4.69) is 20.3 Å². The van der Waals surface area contributed by atoms with Crippen LogP contribution in [0.2, 0.25) is 0 Å². The average Bonchev–Trinajstić information content (AvgIpc) is 3.14. The largest absolute Gasteiger partial charge is 0.322 e. The Bertz CT molecular complexity index is 1540. The molecule has 0 spiro atoms. The average molecular weight is 484 g/mol. The van der Waals surface area contributed by atoms with Gasteiger partial charge in [-0.25, -0.2) is 19.3 Å². The van der Waals surface area contributed by atoms with Crippen molar-refractivity contribution < 1.29 is 9.18 Å². The Labute approximate surface area is 206 Å². The molecule has 0 aliphatic rings. The molecule has 0 aliphatic carbocycles. The molecule has 0 radical (unpaired) electrons. The van der Waals surface area contributed by atoms with E-state index in [1.165, 1.54) is 23.9 Å². The summed E-state index contributed by atoms with van der Waals surface area (Å²) in [4.78, 5) is 27.5. The van der Waals surface area contributed by atoms with E-state index in [1.807, 2.05) is 61.7 Å². The normalized spacial score (nSPS) is 11.1. The third-order valence-electron chi connectivity index (χ3n) is 5.43. The molecule has 174 valence electrons. The molecule has 0 atom stereocenters. The maximum atomic E-state index is 13.4. The van der Waals surface area contributed by atoms with Crippen LogP contribution in [0.15, 0.2) is 82.8 Å². The van der Waals surface area contributed by atoms with E-state index in [-0.39, 0.29) is 11.7 Å². The first-order valence-corrected chi connectivity index (χ1v) is 11.8. The first kappa shape index (κ1) is 22.7. The first-order valence-electron chi connectivity index (χ1n) is 11.0. The number of hydrogen-bond donors (Lipinski definition) is 1. The van der Waals surface area contributed by atoms with Crippen molar-refractivity contribution in [3.8, 4) is 5.69 Å². The molecule has 0 bridgehead atoms. The van der Waals surface area contributed by atoms with Gasteiger partial charge in [-0.3, -0.25) is 9.36 Å². The number of rotatable bonds is 5. The number of fused-ring (bicyclic) bond motifs is 1. The van der Waals surface area contributed by atoms with Crippen molar-refractivity contribution in [1.29, 1.82) is 0 Å². The molecule has 0 saturated heterocycles. The summed E-state index contributed by atoms with van der Waals surface area (Å²) in [5.41, 5.74) is 5.31. The van der Waals surface area contributed by atoms with Crippen LogP contribution in [0, 0.1) is 26.6 Å². The fourth-order valence-corrected chi connectivity index (χ4v) is 4.86. The van der Waals surface area contributed by atoms with Gasteiger partial charge in [-0.15, -0.1) is 0 Å². The van der Waals surface area contributed by atoms with E-state index in [0.717, 1.165) is 38.8 Å². The van der Waals surface area contributed by atoms with Crippen LogP contribution in [0.3, 0.4) is 0 Å². The number of carbonyl (C=O) groups excluding carboxylic acids is 1. The molecule has 8 heteroatoms. The zero-order valence-electron chi connectivity index (χ0n) is 19.4. The van der Waals surface area contributed by atoms with Crippen LogP contribution < -0.4 is 5.32 Å². The highest BCUT2D eigenvalue weighted by molar-refractivity contribution is 7.99. The van der Waals surface area contributed by atoms with E-state index < -0.39 is 0 Å². The second-order valence-electron chi connectivity index (χ2n) is 8.19. The molecule has 2 heterocycles. The van der Waals surface area contributed by atoms with Gasteiger partial charge in [0.05, 0.1) is 11.0 Å². The Morgan fingerprint density at radius 2 is 1.63 bits per heavy atom. The van der Waals surface area contributed by atoms with Gasteiger partial charge in [-0.2, -0.15) is 0 Å². The molecule has 5 aromatic rings. The molecule has 0 aliphatic heterocycles. The lowest BCUT2D eigenvalue weighted by Crippen LogP contribution is -2.12. The maximum absolute atomic E-state index is 13.4. The molecule has 0 fully saturated rings. The van der Waals surface area contributed by atoms with Gasteiger partial charge >= 0.3 is 0 Å². The predicted octanol–water partition coefficient (Wildman–Crippen LogP) is 6.28. The van der Waals surface area contributed by atoms with Crippen molar-refractivity contribution in [3.05, 3.63) is 101 Å². The van der Waals surface area contributed by atoms with Gasteiger partial charge in [0.25, 0.3) is 5.91 Å². The molecule has 3 aromatic carbocycles. The van der Waals surface area contributed by atoms with Crippen LogP contribution in [0.1, 0.15) is 27.6 Å². The van der Waals surface area contributed by atoms with Crippen molar-refractivity contribution >= 4 is 34.4 Å². The predicted molar refractivity (Wildman–Crippen MR) is 136 cm³/mol. The lowest BCUT2D eigenvalue weighted by Gasteiger charge is -2.09. The van der Waals surface area contributed by atoms with Gasteiger partial charge < -0.3 is 5.32 Å². The summed E-state index contributed by atoms with van der Waals surface area (Å²) >= 11 is 1.45. The van der Waals surface area contributed by atoms with Gasteiger partial charge in [0.2, 0.25) is 0 Å². The summed E-state index contributed by atoms with van der Waals surface area (Å²) < 4.78 is 15.3. The Hall–Kier alpha value is -4.04. The number of halogens is 1. The van der Waals surface area contributed by atoms with Gasteiger partial charge in [0, 0.05) is 33.2 Å². The van der Waals surface area contributed by atoms with Crippen molar-refractivity contribution in [3.63, 3.8) is 0 Å². The molecule has 6 nitrogen and oxygen atoms in total. The lowest BCUT2D eigenvalue weighted by atomic mass is 10.1. The van der Waals surface area contributed by atoms with Crippen molar-refractivity contribution in [2.75, 3.05) is 5.32 Å². The molecule has 5 rings (SSSR count). The third-order valence-corrected chi connectivity index (χ3v) is 6.29. The highest BCUT2D eigenvalue weighted by Crippen LogP contribution is 2.28. The number of anilines is 1. The number of carbonyl (C=O) groups is 1. The number of amides is 1. The highest BCUT2D eigenvalue weighted by atomic mass is 32.2. The molecular weight excluding hydrogens is 461 g/mol.